The summed E-state index contributed by atoms with van der Waals surface area (Å²) in [5.41, 5.74) is 0.559. The Hall–Kier alpha value is -1.76. The van der Waals surface area contributed by atoms with Crippen molar-refractivity contribution in [3.05, 3.63) is 23.8 Å². The van der Waals surface area contributed by atoms with E-state index in [2.05, 4.69) is 9.97 Å². The Morgan fingerprint density at radius 3 is 2.64 bits per heavy atom. The molecule has 0 spiro atoms. The Morgan fingerprint density at radius 2 is 2.21 bits per heavy atom. The van der Waals surface area contributed by atoms with E-state index in [4.69, 9.17) is 5.26 Å². The van der Waals surface area contributed by atoms with Crippen LogP contribution in [0.1, 0.15) is 36.5 Å². The van der Waals surface area contributed by atoms with Gasteiger partial charge in [0.1, 0.15) is 11.8 Å². The van der Waals surface area contributed by atoms with Gasteiger partial charge in [0.05, 0.1) is 12.4 Å². The van der Waals surface area contributed by atoms with Crippen LogP contribution in [0.5, 0.6) is 0 Å². The molecule has 4 nitrogen and oxygen atoms in total. The van der Waals surface area contributed by atoms with E-state index in [-0.39, 0.29) is 11.5 Å². The molecule has 1 rings (SSSR count). The molecule has 0 aliphatic rings. The normalized spacial score (nSPS) is 9.86. The van der Waals surface area contributed by atoms with Crippen LogP contribution in [0, 0.1) is 17.2 Å². The molecule has 1 heterocycles. The summed E-state index contributed by atoms with van der Waals surface area (Å²) in [6.45, 7) is 3.93. The minimum atomic E-state index is -0.0306. The third-order valence-corrected chi connectivity index (χ3v) is 1.65. The standard InChI is InChI=1S/C10H11N3O/c1-7(2)3-10(14)9-6-12-8(4-11)5-13-9/h5-7H,3H2,1-2H3. The predicted molar refractivity (Wildman–Crippen MR) is 50.5 cm³/mol. The number of Topliss-reactive ketones (excluding diaryl/α,β-unsaturated/α-hetero) is 1. The zero-order valence-electron chi connectivity index (χ0n) is 8.19. The largest absolute Gasteiger partial charge is 0.292 e. The molecule has 0 saturated carbocycles. The Bertz CT molecular complexity index is 362. The van der Waals surface area contributed by atoms with Crippen molar-refractivity contribution in [1.29, 1.82) is 5.26 Å². The van der Waals surface area contributed by atoms with Crippen LogP contribution < -0.4 is 0 Å². The molecule has 0 aliphatic carbocycles. The van der Waals surface area contributed by atoms with E-state index in [0.29, 0.717) is 18.0 Å². The van der Waals surface area contributed by atoms with Crippen molar-refractivity contribution >= 4 is 5.78 Å². The molecule has 4 heteroatoms. The third-order valence-electron chi connectivity index (χ3n) is 1.65. The maximum absolute atomic E-state index is 11.5. The van der Waals surface area contributed by atoms with Gasteiger partial charge in [0.15, 0.2) is 11.5 Å². The minimum absolute atomic E-state index is 0.0306. The maximum atomic E-state index is 11.5. The summed E-state index contributed by atoms with van der Waals surface area (Å²) in [7, 11) is 0. The van der Waals surface area contributed by atoms with Crippen molar-refractivity contribution in [2.24, 2.45) is 5.92 Å². The zero-order chi connectivity index (χ0) is 10.6. The second-order valence-electron chi connectivity index (χ2n) is 3.42. The number of nitriles is 1. The number of ketones is 1. The Morgan fingerprint density at radius 1 is 1.50 bits per heavy atom. The van der Waals surface area contributed by atoms with E-state index in [9.17, 15) is 4.79 Å². The quantitative estimate of drug-likeness (QED) is 0.677. The molecule has 1 aromatic heterocycles. The summed E-state index contributed by atoms with van der Waals surface area (Å²) in [5, 5.41) is 8.48. The lowest BCUT2D eigenvalue weighted by Gasteiger charge is -2.01. The molecule has 0 N–H and O–H groups in total. The fraction of sp³-hybridized carbons (Fsp3) is 0.400. The summed E-state index contributed by atoms with van der Waals surface area (Å²) in [6.07, 6.45) is 3.12. The summed E-state index contributed by atoms with van der Waals surface area (Å²) in [4.78, 5) is 19.1. The average Bonchev–Trinajstić information content (AvgIpc) is 2.17. The van der Waals surface area contributed by atoms with Crippen LogP contribution in [0.25, 0.3) is 0 Å². The number of rotatable bonds is 3. The molecule has 0 saturated heterocycles. The predicted octanol–water partition coefficient (Wildman–Crippen LogP) is 1.58. The van der Waals surface area contributed by atoms with Gasteiger partial charge in [-0.2, -0.15) is 5.26 Å². The summed E-state index contributed by atoms with van der Waals surface area (Å²) < 4.78 is 0. The Balaban J connectivity index is 2.78. The first-order valence-electron chi connectivity index (χ1n) is 4.39. The van der Waals surface area contributed by atoms with Crippen molar-refractivity contribution in [3.8, 4) is 6.07 Å². The number of carbonyl (C=O) groups is 1. The molecule has 0 amide bonds. The first kappa shape index (κ1) is 10.3. The first-order valence-corrected chi connectivity index (χ1v) is 4.39. The van der Waals surface area contributed by atoms with Crippen molar-refractivity contribution in [1.82, 2.24) is 9.97 Å². The fourth-order valence-corrected chi connectivity index (χ4v) is 1.01. The van der Waals surface area contributed by atoms with Crippen molar-refractivity contribution in [2.45, 2.75) is 20.3 Å². The highest BCUT2D eigenvalue weighted by molar-refractivity contribution is 5.93. The number of nitrogens with zero attached hydrogens (tertiary/aromatic N) is 3. The van der Waals surface area contributed by atoms with Crippen LogP contribution in [0.15, 0.2) is 12.4 Å². The van der Waals surface area contributed by atoms with Gasteiger partial charge in [-0.25, -0.2) is 9.97 Å². The highest BCUT2D eigenvalue weighted by atomic mass is 16.1. The van der Waals surface area contributed by atoms with Gasteiger partial charge in [-0.3, -0.25) is 4.79 Å². The fourth-order valence-electron chi connectivity index (χ4n) is 1.01. The smallest absolute Gasteiger partial charge is 0.183 e. The lowest BCUT2D eigenvalue weighted by Crippen LogP contribution is -2.06. The minimum Gasteiger partial charge on any atom is -0.292 e. The van der Waals surface area contributed by atoms with Gasteiger partial charge in [0.2, 0.25) is 0 Å². The number of aromatic nitrogens is 2. The van der Waals surface area contributed by atoms with E-state index < -0.39 is 0 Å². The van der Waals surface area contributed by atoms with Crippen molar-refractivity contribution < 1.29 is 4.79 Å². The lowest BCUT2D eigenvalue weighted by atomic mass is 10.1. The van der Waals surface area contributed by atoms with Crippen molar-refractivity contribution in [3.63, 3.8) is 0 Å². The van der Waals surface area contributed by atoms with Gasteiger partial charge in [-0.1, -0.05) is 13.8 Å². The molecular formula is C10H11N3O. The molecule has 72 valence electrons. The monoisotopic (exact) mass is 189 g/mol. The molecular weight excluding hydrogens is 178 g/mol. The molecule has 0 unspecified atom stereocenters. The summed E-state index contributed by atoms with van der Waals surface area (Å²) >= 11 is 0. The second kappa shape index (κ2) is 4.47. The van der Waals surface area contributed by atoms with Crippen molar-refractivity contribution in [2.75, 3.05) is 0 Å². The molecule has 0 atom stereocenters. The zero-order valence-corrected chi connectivity index (χ0v) is 8.19. The molecule has 0 bridgehead atoms. The number of carbonyl (C=O) groups excluding carboxylic acids is 1. The van der Waals surface area contributed by atoms with E-state index in [0.717, 1.165) is 0 Å². The molecule has 14 heavy (non-hydrogen) atoms. The molecule has 0 fully saturated rings. The van der Waals surface area contributed by atoms with Gasteiger partial charge in [-0.15, -0.1) is 0 Å². The van der Waals surface area contributed by atoms with Crippen LogP contribution in [-0.2, 0) is 0 Å². The van der Waals surface area contributed by atoms with E-state index >= 15 is 0 Å². The van der Waals surface area contributed by atoms with Gasteiger partial charge in [0, 0.05) is 6.42 Å². The third kappa shape index (κ3) is 2.63. The van der Waals surface area contributed by atoms with E-state index in [1.807, 2.05) is 19.9 Å². The van der Waals surface area contributed by atoms with Gasteiger partial charge in [-0.05, 0) is 5.92 Å². The molecule has 1 aromatic rings. The van der Waals surface area contributed by atoms with Crippen LogP contribution in [0.4, 0.5) is 0 Å². The average molecular weight is 189 g/mol. The van der Waals surface area contributed by atoms with Gasteiger partial charge < -0.3 is 0 Å². The summed E-state index contributed by atoms with van der Waals surface area (Å²) in [6, 6.07) is 1.85. The van der Waals surface area contributed by atoms with Gasteiger partial charge >= 0.3 is 0 Å². The summed E-state index contributed by atoms with van der Waals surface area (Å²) in [5.74, 6) is 0.275. The molecule has 0 aliphatic heterocycles. The van der Waals surface area contributed by atoms with E-state index in [1.165, 1.54) is 12.4 Å². The molecule has 0 radical (unpaired) electrons. The maximum Gasteiger partial charge on any atom is 0.183 e. The van der Waals surface area contributed by atoms with Gasteiger partial charge in [0.25, 0.3) is 0 Å². The van der Waals surface area contributed by atoms with Crippen LogP contribution in [-0.4, -0.2) is 15.8 Å². The topological polar surface area (TPSA) is 66.6 Å². The molecule has 0 aromatic carbocycles. The first-order chi connectivity index (χ1) is 6.63. The Labute approximate surface area is 82.6 Å². The highest BCUT2D eigenvalue weighted by Gasteiger charge is 2.09. The van der Waals surface area contributed by atoms with E-state index in [1.54, 1.807) is 0 Å². The van der Waals surface area contributed by atoms with Crippen LogP contribution >= 0.6 is 0 Å². The lowest BCUT2D eigenvalue weighted by molar-refractivity contribution is 0.0962. The van der Waals surface area contributed by atoms with Crippen LogP contribution in [0.3, 0.4) is 0 Å². The second-order valence-corrected chi connectivity index (χ2v) is 3.42. The SMILES string of the molecule is CC(C)CC(=O)c1cnc(C#N)cn1. The number of hydrogen-bond acceptors (Lipinski definition) is 4. The number of hydrogen-bond donors (Lipinski definition) is 0. The Kier molecular flexibility index (Phi) is 3.29. The highest BCUT2D eigenvalue weighted by Crippen LogP contribution is 2.06. The van der Waals surface area contributed by atoms with Crippen LogP contribution in [0.2, 0.25) is 0 Å².